The van der Waals surface area contributed by atoms with Crippen molar-refractivity contribution in [2.45, 2.75) is 18.4 Å². The molecule has 2 nitrogen and oxygen atoms in total. The lowest BCUT2D eigenvalue weighted by Crippen LogP contribution is -2.30. The average molecular weight is 317 g/mol. The molecule has 1 fully saturated rings. The smallest absolute Gasteiger partial charge is 0.0505 e. The molecule has 3 N–H and O–H groups in total. The summed E-state index contributed by atoms with van der Waals surface area (Å²) in [4.78, 5) is 0. The molecule has 3 unspecified atom stereocenters. The summed E-state index contributed by atoms with van der Waals surface area (Å²) < 4.78 is 1.12. The molecule has 0 spiro atoms. The Balaban J connectivity index is 1.81. The summed E-state index contributed by atoms with van der Waals surface area (Å²) in [5.74, 6) is 6.98. The van der Waals surface area contributed by atoms with Gasteiger partial charge in [0.25, 0.3) is 0 Å². The second kappa shape index (κ2) is 5.45. The first kappa shape index (κ1) is 12.9. The monoisotopic (exact) mass is 316 g/mol. The number of nitrogens with two attached hydrogens (primary N) is 1. The van der Waals surface area contributed by atoms with Gasteiger partial charge in [-0.15, -0.1) is 0 Å². The number of halogens is 1. The lowest BCUT2D eigenvalue weighted by molar-refractivity contribution is 0.486. The van der Waals surface area contributed by atoms with Gasteiger partial charge in [-0.25, -0.2) is 0 Å². The lowest BCUT2D eigenvalue weighted by Gasteiger charge is -2.18. The molecule has 2 aromatic carbocycles. The van der Waals surface area contributed by atoms with Gasteiger partial charge < -0.3 is 0 Å². The Morgan fingerprint density at radius 2 is 1.74 bits per heavy atom. The maximum absolute atomic E-state index is 5.78. The summed E-state index contributed by atoms with van der Waals surface area (Å²) in [6.45, 7) is 0. The van der Waals surface area contributed by atoms with E-state index in [9.17, 15) is 0 Å². The van der Waals surface area contributed by atoms with Crippen LogP contribution in [0.4, 0.5) is 0 Å². The van der Waals surface area contributed by atoms with E-state index >= 15 is 0 Å². The van der Waals surface area contributed by atoms with Gasteiger partial charge in [-0.3, -0.25) is 11.3 Å². The Kier molecular flexibility index (Phi) is 3.69. The van der Waals surface area contributed by atoms with Crippen LogP contribution in [-0.4, -0.2) is 0 Å². The van der Waals surface area contributed by atoms with E-state index in [1.807, 2.05) is 6.07 Å². The average Bonchev–Trinajstić information content (AvgIpc) is 3.23. The summed E-state index contributed by atoms with van der Waals surface area (Å²) in [6, 6.07) is 19.2. The first-order valence-electron chi connectivity index (χ1n) is 6.56. The van der Waals surface area contributed by atoms with Gasteiger partial charge in [0.05, 0.1) is 6.04 Å². The van der Waals surface area contributed by atoms with Crippen LogP contribution < -0.4 is 11.3 Å². The van der Waals surface area contributed by atoms with Crippen molar-refractivity contribution in [2.75, 3.05) is 0 Å². The number of nitrogens with one attached hydrogen (secondary N) is 1. The Bertz CT molecular complexity index is 556. The third kappa shape index (κ3) is 2.59. The van der Waals surface area contributed by atoms with Gasteiger partial charge in [0, 0.05) is 4.47 Å². The highest BCUT2D eigenvalue weighted by atomic mass is 79.9. The summed E-state index contributed by atoms with van der Waals surface area (Å²) in [5, 5.41) is 0. The number of rotatable bonds is 4. The zero-order valence-electron chi connectivity index (χ0n) is 10.6. The molecule has 0 aliphatic heterocycles. The predicted molar refractivity (Wildman–Crippen MR) is 81.5 cm³/mol. The second-order valence-corrected chi connectivity index (χ2v) is 5.94. The van der Waals surface area contributed by atoms with Crippen LogP contribution in [0.3, 0.4) is 0 Å². The standard InChI is InChI=1S/C16H17BrN2/c17-15-9-5-4-8-12(15)16(19-18)14-10-13(14)11-6-2-1-3-7-11/h1-9,13-14,16,19H,10,18H2. The Morgan fingerprint density at radius 3 is 2.42 bits per heavy atom. The second-order valence-electron chi connectivity index (χ2n) is 5.08. The molecule has 0 amide bonds. The van der Waals surface area contributed by atoms with Crippen LogP contribution in [0.5, 0.6) is 0 Å². The SMILES string of the molecule is NNC(c1ccccc1Br)C1CC1c1ccccc1. The number of hydrogen-bond donors (Lipinski definition) is 2. The third-order valence-electron chi connectivity index (χ3n) is 3.92. The van der Waals surface area contributed by atoms with Crippen LogP contribution in [-0.2, 0) is 0 Å². The zero-order valence-corrected chi connectivity index (χ0v) is 12.2. The molecule has 0 bridgehead atoms. The molecule has 3 atom stereocenters. The molecule has 3 heteroatoms. The van der Waals surface area contributed by atoms with E-state index in [4.69, 9.17) is 5.84 Å². The van der Waals surface area contributed by atoms with Crippen LogP contribution in [0.1, 0.15) is 29.5 Å². The molecule has 3 rings (SSSR count). The Hall–Kier alpha value is -1.16. The number of hydrogen-bond acceptors (Lipinski definition) is 2. The van der Waals surface area contributed by atoms with Crippen molar-refractivity contribution in [3.63, 3.8) is 0 Å². The minimum Gasteiger partial charge on any atom is -0.271 e. The fraction of sp³-hybridized carbons (Fsp3) is 0.250. The largest absolute Gasteiger partial charge is 0.271 e. The predicted octanol–water partition coefficient (Wildman–Crippen LogP) is 3.76. The van der Waals surface area contributed by atoms with Gasteiger partial charge in [0.1, 0.15) is 0 Å². The van der Waals surface area contributed by atoms with E-state index in [0.29, 0.717) is 11.8 Å². The van der Waals surface area contributed by atoms with E-state index in [0.717, 1.165) is 4.47 Å². The molecular weight excluding hydrogens is 300 g/mol. The van der Waals surface area contributed by atoms with Gasteiger partial charge in [-0.05, 0) is 35.4 Å². The Morgan fingerprint density at radius 1 is 1.05 bits per heavy atom. The van der Waals surface area contributed by atoms with Crippen molar-refractivity contribution in [3.05, 3.63) is 70.2 Å². The fourth-order valence-electron chi connectivity index (χ4n) is 2.84. The molecule has 2 aromatic rings. The first-order valence-corrected chi connectivity index (χ1v) is 7.36. The van der Waals surface area contributed by atoms with E-state index in [2.05, 4.69) is 69.9 Å². The van der Waals surface area contributed by atoms with Gasteiger partial charge in [-0.1, -0.05) is 64.5 Å². The minimum atomic E-state index is 0.209. The minimum absolute atomic E-state index is 0.209. The zero-order chi connectivity index (χ0) is 13.2. The van der Waals surface area contributed by atoms with Crippen molar-refractivity contribution < 1.29 is 0 Å². The summed E-state index contributed by atoms with van der Waals surface area (Å²) in [5.41, 5.74) is 5.65. The van der Waals surface area contributed by atoms with Crippen LogP contribution in [0.25, 0.3) is 0 Å². The lowest BCUT2D eigenvalue weighted by atomic mass is 9.99. The fourth-order valence-corrected chi connectivity index (χ4v) is 3.37. The number of hydrazine groups is 1. The molecule has 0 radical (unpaired) electrons. The summed E-state index contributed by atoms with van der Waals surface area (Å²) in [7, 11) is 0. The van der Waals surface area contributed by atoms with Gasteiger partial charge >= 0.3 is 0 Å². The van der Waals surface area contributed by atoms with Crippen LogP contribution in [0, 0.1) is 5.92 Å². The Labute approximate surface area is 122 Å². The van der Waals surface area contributed by atoms with Crippen LogP contribution >= 0.6 is 15.9 Å². The molecule has 0 aromatic heterocycles. The molecule has 1 aliphatic rings. The van der Waals surface area contributed by atoms with E-state index in [-0.39, 0.29) is 6.04 Å². The van der Waals surface area contributed by atoms with Crippen LogP contribution in [0.15, 0.2) is 59.1 Å². The maximum Gasteiger partial charge on any atom is 0.0505 e. The summed E-state index contributed by atoms with van der Waals surface area (Å²) >= 11 is 3.61. The highest BCUT2D eigenvalue weighted by molar-refractivity contribution is 9.10. The van der Waals surface area contributed by atoms with Crippen molar-refractivity contribution in [1.82, 2.24) is 5.43 Å². The highest BCUT2D eigenvalue weighted by Gasteiger charge is 2.44. The van der Waals surface area contributed by atoms with E-state index in [1.54, 1.807) is 0 Å². The first-order chi connectivity index (χ1) is 9.31. The molecule has 98 valence electrons. The maximum atomic E-state index is 5.78. The van der Waals surface area contributed by atoms with E-state index < -0.39 is 0 Å². The molecule has 19 heavy (non-hydrogen) atoms. The molecule has 1 saturated carbocycles. The molecule has 0 saturated heterocycles. The highest BCUT2D eigenvalue weighted by Crippen LogP contribution is 2.54. The van der Waals surface area contributed by atoms with Crippen molar-refractivity contribution in [3.8, 4) is 0 Å². The van der Waals surface area contributed by atoms with E-state index in [1.165, 1.54) is 17.5 Å². The van der Waals surface area contributed by atoms with Gasteiger partial charge in [0.15, 0.2) is 0 Å². The van der Waals surface area contributed by atoms with Gasteiger partial charge in [0.2, 0.25) is 0 Å². The van der Waals surface area contributed by atoms with Gasteiger partial charge in [-0.2, -0.15) is 0 Å². The number of benzene rings is 2. The molecule has 1 aliphatic carbocycles. The van der Waals surface area contributed by atoms with Crippen LogP contribution in [0.2, 0.25) is 0 Å². The molecule has 0 heterocycles. The van der Waals surface area contributed by atoms with Crippen molar-refractivity contribution in [1.29, 1.82) is 0 Å². The van der Waals surface area contributed by atoms with Crippen molar-refractivity contribution >= 4 is 15.9 Å². The normalized spacial score (nSPS) is 23.1. The third-order valence-corrected chi connectivity index (χ3v) is 4.64. The van der Waals surface area contributed by atoms with Crippen molar-refractivity contribution in [2.24, 2.45) is 11.8 Å². The molecular formula is C16H17BrN2. The topological polar surface area (TPSA) is 38.0 Å². The quantitative estimate of drug-likeness (QED) is 0.666. The summed E-state index contributed by atoms with van der Waals surface area (Å²) in [6.07, 6.45) is 1.19.